The largest absolute Gasteiger partial charge is 0.375 e. The molecule has 2 fully saturated rings. The maximum Gasteiger partial charge on any atom is 0.171 e. The van der Waals surface area contributed by atoms with E-state index in [1.165, 1.54) is 5.70 Å². The van der Waals surface area contributed by atoms with Gasteiger partial charge in [-0.25, -0.2) is 0 Å². The quantitative estimate of drug-likeness (QED) is 0.698. The van der Waals surface area contributed by atoms with E-state index < -0.39 is 0 Å². The van der Waals surface area contributed by atoms with Gasteiger partial charge in [0, 0.05) is 31.6 Å². The molecule has 86 valence electrons. The minimum Gasteiger partial charge on any atom is -0.375 e. The van der Waals surface area contributed by atoms with Crippen molar-refractivity contribution in [1.82, 2.24) is 4.90 Å². The Morgan fingerprint density at radius 3 is 2.33 bits per heavy atom. The van der Waals surface area contributed by atoms with Crippen LogP contribution < -0.4 is 0 Å². The summed E-state index contributed by atoms with van der Waals surface area (Å²) in [5, 5.41) is 0. The normalized spacial score (nSPS) is 26.3. The summed E-state index contributed by atoms with van der Waals surface area (Å²) < 4.78 is 11.4. The van der Waals surface area contributed by atoms with Gasteiger partial charge in [-0.3, -0.25) is 0 Å². The molecule has 0 aromatic heterocycles. The van der Waals surface area contributed by atoms with Gasteiger partial charge in [-0.2, -0.15) is 0 Å². The van der Waals surface area contributed by atoms with Gasteiger partial charge in [0.2, 0.25) is 0 Å². The zero-order valence-corrected chi connectivity index (χ0v) is 9.79. The highest BCUT2D eigenvalue weighted by Gasteiger charge is 2.39. The zero-order chi connectivity index (χ0) is 10.7. The van der Waals surface area contributed by atoms with Gasteiger partial charge in [0.05, 0.1) is 13.2 Å². The highest BCUT2D eigenvalue weighted by Crippen LogP contribution is 2.32. The third-order valence-electron chi connectivity index (χ3n) is 3.44. The Morgan fingerprint density at radius 1 is 1.27 bits per heavy atom. The third-order valence-corrected chi connectivity index (χ3v) is 3.44. The topological polar surface area (TPSA) is 21.7 Å². The fourth-order valence-electron chi connectivity index (χ4n) is 2.53. The SMILES string of the molecule is C/C=C(\CC)N1CCC2(CC1)OCCO2. The molecule has 2 heterocycles. The van der Waals surface area contributed by atoms with E-state index in [1.54, 1.807) is 0 Å². The van der Waals surface area contributed by atoms with Crippen LogP contribution in [0.1, 0.15) is 33.1 Å². The minimum atomic E-state index is -0.233. The average molecular weight is 211 g/mol. The molecule has 0 saturated carbocycles. The molecule has 3 nitrogen and oxygen atoms in total. The lowest BCUT2D eigenvalue weighted by Gasteiger charge is -2.39. The van der Waals surface area contributed by atoms with Crippen LogP contribution in [0.3, 0.4) is 0 Å². The van der Waals surface area contributed by atoms with Crippen LogP contribution in [-0.4, -0.2) is 37.0 Å². The summed E-state index contributed by atoms with van der Waals surface area (Å²) in [5.74, 6) is -0.233. The Hall–Kier alpha value is -0.540. The lowest BCUT2D eigenvalue weighted by Crippen LogP contribution is -2.44. The Kier molecular flexibility index (Phi) is 3.32. The first kappa shape index (κ1) is 11.0. The number of allylic oxidation sites excluding steroid dienone is 2. The minimum absolute atomic E-state index is 0.233. The fraction of sp³-hybridized carbons (Fsp3) is 0.833. The van der Waals surface area contributed by atoms with E-state index in [0.29, 0.717) is 0 Å². The van der Waals surface area contributed by atoms with E-state index in [1.807, 2.05) is 0 Å². The van der Waals surface area contributed by atoms with E-state index in [-0.39, 0.29) is 5.79 Å². The van der Waals surface area contributed by atoms with Crippen molar-refractivity contribution in [3.8, 4) is 0 Å². The molecule has 0 aromatic carbocycles. The van der Waals surface area contributed by atoms with Crippen LogP contribution in [0.4, 0.5) is 0 Å². The predicted molar refractivity (Wildman–Crippen MR) is 59.5 cm³/mol. The van der Waals surface area contributed by atoms with E-state index in [2.05, 4.69) is 24.8 Å². The number of piperidine rings is 1. The highest BCUT2D eigenvalue weighted by molar-refractivity contribution is 5.01. The molecule has 0 radical (unpaired) electrons. The Morgan fingerprint density at radius 2 is 1.87 bits per heavy atom. The van der Waals surface area contributed by atoms with Gasteiger partial charge in [0.25, 0.3) is 0 Å². The van der Waals surface area contributed by atoms with Crippen molar-refractivity contribution in [2.24, 2.45) is 0 Å². The van der Waals surface area contributed by atoms with Crippen LogP contribution in [0.2, 0.25) is 0 Å². The van der Waals surface area contributed by atoms with E-state index in [0.717, 1.165) is 45.6 Å². The second-order valence-electron chi connectivity index (χ2n) is 4.23. The number of hydrogen-bond acceptors (Lipinski definition) is 3. The zero-order valence-electron chi connectivity index (χ0n) is 9.79. The van der Waals surface area contributed by atoms with E-state index >= 15 is 0 Å². The Bertz CT molecular complexity index is 234. The second-order valence-corrected chi connectivity index (χ2v) is 4.23. The molecule has 15 heavy (non-hydrogen) atoms. The van der Waals surface area contributed by atoms with Gasteiger partial charge >= 0.3 is 0 Å². The van der Waals surface area contributed by atoms with Crippen molar-refractivity contribution in [2.75, 3.05) is 26.3 Å². The summed E-state index contributed by atoms with van der Waals surface area (Å²) >= 11 is 0. The first-order valence-electron chi connectivity index (χ1n) is 5.98. The van der Waals surface area contributed by atoms with Crippen molar-refractivity contribution in [1.29, 1.82) is 0 Å². The van der Waals surface area contributed by atoms with Gasteiger partial charge in [-0.1, -0.05) is 13.0 Å². The van der Waals surface area contributed by atoms with Crippen molar-refractivity contribution in [3.05, 3.63) is 11.8 Å². The van der Waals surface area contributed by atoms with Crippen LogP contribution in [-0.2, 0) is 9.47 Å². The van der Waals surface area contributed by atoms with Crippen molar-refractivity contribution < 1.29 is 9.47 Å². The molecule has 0 atom stereocenters. The molecule has 2 rings (SSSR count). The number of ether oxygens (including phenoxy) is 2. The predicted octanol–water partition coefficient (Wildman–Crippen LogP) is 2.14. The third kappa shape index (κ3) is 2.18. The first-order chi connectivity index (χ1) is 7.29. The molecule has 0 aliphatic carbocycles. The highest BCUT2D eigenvalue weighted by atomic mass is 16.7. The first-order valence-corrected chi connectivity index (χ1v) is 5.98. The molecule has 0 unspecified atom stereocenters. The maximum atomic E-state index is 5.71. The van der Waals surface area contributed by atoms with Gasteiger partial charge in [-0.15, -0.1) is 0 Å². The number of hydrogen-bond donors (Lipinski definition) is 0. The second kappa shape index (κ2) is 4.54. The lowest BCUT2D eigenvalue weighted by atomic mass is 10.0. The summed E-state index contributed by atoms with van der Waals surface area (Å²) in [7, 11) is 0. The molecule has 0 aromatic rings. The van der Waals surface area contributed by atoms with Crippen molar-refractivity contribution in [3.63, 3.8) is 0 Å². The molecule has 0 amide bonds. The number of nitrogens with zero attached hydrogens (tertiary/aromatic N) is 1. The van der Waals surface area contributed by atoms with Gasteiger partial charge in [0.1, 0.15) is 0 Å². The molecular weight excluding hydrogens is 190 g/mol. The van der Waals surface area contributed by atoms with E-state index in [4.69, 9.17) is 9.47 Å². The lowest BCUT2D eigenvalue weighted by molar-refractivity contribution is -0.182. The molecule has 2 saturated heterocycles. The molecule has 1 spiro atoms. The number of rotatable bonds is 2. The van der Waals surface area contributed by atoms with Crippen LogP contribution >= 0.6 is 0 Å². The Balaban J connectivity index is 1.91. The molecule has 0 N–H and O–H groups in total. The monoisotopic (exact) mass is 211 g/mol. The van der Waals surface area contributed by atoms with Gasteiger partial charge in [0.15, 0.2) is 5.79 Å². The van der Waals surface area contributed by atoms with Crippen molar-refractivity contribution >= 4 is 0 Å². The van der Waals surface area contributed by atoms with Crippen molar-refractivity contribution in [2.45, 2.75) is 38.9 Å². The fourth-order valence-corrected chi connectivity index (χ4v) is 2.53. The van der Waals surface area contributed by atoms with Crippen LogP contribution in [0.25, 0.3) is 0 Å². The summed E-state index contributed by atoms with van der Waals surface area (Å²) in [6.07, 6.45) is 5.34. The summed E-state index contributed by atoms with van der Waals surface area (Å²) in [6.45, 7) is 7.99. The van der Waals surface area contributed by atoms with Crippen LogP contribution in [0.5, 0.6) is 0 Å². The molecule has 2 aliphatic rings. The van der Waals surface area contributed by atoms with Crippen LogP contribution in [0, 0.1) is 0 Å². The smallest absolute Gasteiger partial charge is 0.171 e. The van der Waals surface area contributed by atoms with E-state index in [9.17, 15) is 0 Å². The van der Waals surface area contributed by atoms with Gasteiger partial charge < -0.3 is 14.4 Å². The molecular formula is C12H21NO2. The summed E-state index contributed by atoms with van der Waals surface area (Å²) in [6, 6.07) is 0. The standard InChI is InChI=1S/C12H21NO2/c1-3-11(4-2)13-7-5-12(6-8-13)14-9-10-15-12/h3H,4-10H2,1-2H3/b11-3+. The molecule has 3 heteroatoms. The number of likely N-dealkylation sites (tertiary alicyclic amines) is 1. The summed E-state index contributed by atoms with van der Waals surface area (Å²) in [4.78, 5) is 2.45. The average Bonchev–Trinajstić information content (AvgIpc) is 2.72. The maximum absolute atomic E-state index is 5.71. The van der Waals surface area contributed by atoms with Gasteiger partial charge in [-0.05, 0) is 13.3 Å². The van der Waals surface area contributed by atoms with Crippen LogP contribution in [0.15, 0.2) is 11.8 Å². The molecule has 2 aliphatic heterocycles. The Labute approximate surface area is 92.0 Å². The summed E-state index contributed by atoms with van der Waals surface area (Å²) in [5.41, 5.74) is 1.45. The molecule has 0 bridgehead atoms.